The molecule has 0 aromatic rings. The van der Waals surface area contributed by atoms with Crippen molar-refractivity contribution in [2.45, 2.75) is 91.0 Å². The lowest BCUT2D eigenvalue weighted by molar-refractivity contribution is 0.267. The maximum absolute atomic E-state index is 2.45. The highest BCUT2D eigenvalue weighted by Crippen LogP contribution is 2.10. The molecular weight excluding hydrogens is 242 g/mol. The second kappa shape index (κ2) is 15.3. The first kappa shape index (κ1) is 20.6. The van der Waals surface area contributed by atoms with Crippen molar-refractivity contribution in [3.05, 3.63) is 0 Å². The van der Waals surface area contributed by atoms with Crippen LogP contribution in [0, 0.1) is 0 Å². The van der Waals surface area contributed by atoms with Crippen molar-refractivity contribution >= 4 is 12.4 Å². The molecule has 1 nitrogen and oxygen atoms in total. The van der Waals surface area contributed by atoms with Gasteiger partial charge in [-0.3, -0.25) is 0 Å². The third-order valence-electron chi connectivity index (χ3n) is 3.75. The second-order valence-corrected chi connectivity index (χ2v) is 5.76. The molecule has 0 aliphatic carbocycles. The Hall–Kier alpha value is 0.250. The first-order valence-electron chi connectivity index (χ1n) is 7.88. The van der Waals surface area contributed by atoms with Gasteiger partial charge in [0.1, 0.15) is 0 Å². The predicted molar refractivity (Wildman–Crippen MR) is 86.9 cm³/mol. The monoisotopic (exact) mass is 277 g/mol. The summed E-state index contributed by atoms with van der Waals surface area (Å²) in [7, 11) is 2.23. The van der Waals surface area contributed by atoms with E-state index >= 15 is 0 Å². The normalized spacial score (nSPS) is 11.0. The number of halogens is 1. The van der Waals surface area contributed by atoms with Gasteiger partial charge in [-0.25, -0.2) is 0 Å². The van der Waals surface area contributed by atoms with Gasteiger partial charge in [0.15, 0.2) is 0 Å². The van der Waals surface area contributed by atoms with Crippen molar-refractivity contribution < 1.29 is 0 Å². The average Bonchev–Trinajstić information content (AvgIpc) is 2.31. The maximum Gasteiger partial charge on any atom is 0.00355 e. The molecule has 0 aliphatic rings. The van der Waals surface area contributed by atoms with Crippen LogP contribution in [-0.2, 0) is 0 Å². The molecule has 112 valence electrons. The molecule has 0 bridgehead atoms. The van der Waals surface area contributed by atoms with E-state index in [-0.39, 0.29) is 12.4 Å². The lowest BCUT2D eigenvalue weighted by Gasteiger charge is -2.20. The van der Waals surface area contributed by atoms with Crippen LogP contribution in [0.2, 0.25) is 0 Å². The van der Waals surface area contributed by atoms with Crippen molar-refractivity contribution in [3.8, 4) is 0 Å². The molecule has 2 heteroatoms. The summed E-state index contributed by atoms with van der Waals surface area (Å²) in [4.78, 5) is 2.45. The Balaban J connectivity index is 0. The molecule has 0 fully saturated rings. The minimum Gasteiger partial charge on any atom is -0.304 e. The molecule has 0 amide bonds. The molecule has 0 N–H and O–H groups in total. The van der Waals surface area contributed by atoms with Gasteiger partial charge in [0, 0.05) is 6.04 Å². The summed E-state index contributed by atoms with van der Waals surface area (Å²) >= 11 is 0. The van der Waals surface area contributed by atoms with Gasteiger partial charge in [-0.05, 0) is 33.9 Å². The van der Waals surface area contributed by atoms with E-state index in [9.17, 15) is 0 Å². The van der Waals surface area contributed by atoms with E-state index in [1.807, 2.05) is 0 Å². The molecule has 0 heterocycles. The summed E-state index contributed by atoms with van der Waals surface area (Å²) in [5, 5.41) is 0. The Kier molecular flexibility index (Phi) is 17.5. The predicted octanol–water partition coefficient (Wildman–Crippen LogP) is 5.67. The second-order valence-electron chi connectivity index (χ2n) is 5.76. The zero-order valence-electron chi connectivity index (χ0n) is 13.2. The highest BCUT2D eigenvalue weighted by molar-refractivity contribution is 5.85. The van der Waals surface area contributed by atoms with Gasteiger partial charge < -0.3 is 4.90 Å². The van der Waals surface area contributed by atoms with Crippen LogP contribution in [0.25, 0.3) is 0 Å². The van der Waals surface area contributed by atoms with E-state index < -0.39 is 0 Å². The van der Waals surface area contributed by atoms with Gasteiger partial charge in [-0.2, -0.15) is 0 Å². The van der Waals surface area contributed by atoms with Crippen LogP contribution in [0.15, 0.2) is 0 Å². The van der Waals surface area contributed by atoms with Crippen LogP contribution in [-0.4, -0.2) is 24.5 Å². The van der Waals surface area contributed by atoms with Crippen LogP contribution in [0.3, 0.4) is 0 Å². The highest BCUT2D eigenvalue weighted by Gasteiger charge is 2.01. The van der Waals surface area contributed by atoms with E-state index in [1.54, 1.807) is 0 Å². The number of hydrogen-bond donors (Lipinski definition) is 0. The Labute approximate surface area is 122 Å². The van der Waals surface area contributed by atoms with E-state index in [0.717, 1.165) is 0 Å². The number of hydrogen-bond acceptors (Lipinski definition) is 1. The molecule has 0 aromatic heterocycles. The first-order chi connectivity index (χ1) is 8.18. The van der Waals surface area contributed by atoms with Crippen LogP contribution in [0.4, 0.5) is 0 Å². The number of nitrogens with zero attached hydrogens (tertiary/aromatic N) is 1. The fourth-order valence-electron chi connectivity index (χ4n) is 2.11. The van der Waals surface area contributed by atoms with Gasteiger partial charge in [0.05, 0.1) is 0 Å². The van der Waals surface area contributed by atoms with Crippen molar-refractivity contribution in [2.75, 3.05) is 13.6 Å². The summed E-state index contributed by atoms with van der Waals surface area (Å²) in [6.07, 6.45) is 14.3. The Morgan fingerprint density at radius 3 is 1.50 bits per heavy atom. The Bertz CT molecular complexity index is 148. The summed E-state index contributed by atoms with van der Waals surface area (Å²) < 4.78 is 0. The Morgan fingerprint density at radius 1 is 0.722 bits per heavy atom. The number of unbranched alkanes of at least 4 members (excludes halogenated alkanes) is 9. The van der Waals surface area contributed by atoms with Crippen LogP contribution >= 0.6 is 12.4 Å². The standard InChI is InChI=1S/C16H35N.ClH/c1-5-6-7-8-9-10-11-12-13-14-15-17(4)16(2)3;/h16H,5-15H2,1-4H3;1H. The molecule has 18 heavy (non-hydrogen) atoms. The fourth-order valence-corrected chi connectivity index (χ4v) is 2.11. The fraction of sp³-hybridized carbons (Fsp3) is 1.00. The van der Waals surface area contributed by atoms with Gasteiger partial charge >= 0.3 is 0 Å². The molecule has 0 saturated carbocycles. The van der Waals surface area contributed by atoms with Crippen molar-refractivity contribution in [1.82, 2.24) is 4.90 Å². The van der Waals surface area contributed by atoms with Gasteiger partial charge in [-0.15, -0.1) is 12.4 Å². The maximum atomic E-state index is 2.45. The smallest absolute Gasteiger partial charge is 0.00355 e. The SMILES string of the molecule is CCCCCCCCCCCCN(C)C(C)C.Cl. The van der Waals surface area contributed by atoms with Gasteiger partial charge in [0.25, 0.3) is 0 Å². The molecule has 0 aromatic carbocycles. The van der Waals surface area contributed by atoms with E-state index in [0.29, 0.717) is 6.04 Å². The van der Waals surface area contributed by atoms with Gasteiger partial charge in [0.2, 0.25) is 0 Å². The third kappa shape index (κ3) is 14.3. The van der Waals surface area contributed by atoms with Crippen LogP contribution in [0.1, 0.15) is 85.0 Å². The minimum atomic E-state index is 0. The number of rotatable bonds is 12. The molecule has 0 unspecified atom stereocenters. The quantitative estimate of drug-likeness (QED) is 0.416. The Morgan fingerprint density at radius 2 is 1.11 bits per heavy atom. The van der Waals surface area contributed by atoms with Gasteiger partial charge in [-0.1, -0.05) is 64.7 Å². The minimum absolute atomic E-state index is 0. The first-order valence-corrected chi connectivity index (χ1v) is 7.88. The molecule has 0 spiro atoms. The zero-order valence-corrected chi connectivity index (χ0v) is 14.0. The van der Waals surface area contributed by atoms with E-state index in [4.69, 9.17) is 0 Å². The molecular formula is C16H36ClN. The molecule has 0 saturated heterocycles. The lowest BCUT2D eigenvalue weighted by Crippen LogP contribution is -2.27. The van der Waals surface area contributed by atoms with E-state index in [1.165, 1.54) is 70.8 Å². The third-order valence-corrected chi connectivity index (χ3v) is 3.75. The molecule has 0 aliphatic heterocycles. The summed E-state index contributed by atoms with van der Waals surface area (Å²) in [6.45, 7) is 8.11. The van der Waals surface area contributed by atoms with Crippen molar-refractivity contribution in [1.29, 1.82) is 0 Å². The largest absolute Gasteiger partial charge is 0.304 e. The van der Waals surface area contributed by atoms with Crippen molar-refractivity contribution in [3.63, 3.8) is 0 Å². The summed E-state index contributed by atoms with van der Waals surface area (Å²) in [6, 6.07) is 0.702. The lowest BCUT2D eigenvalue weighted by atomic mass is 10.1. The summed E-state index contributed by atoms with van der Waals surface area (Å²) in [5.74, 6) is 0. The zero-order chi connectivity index (χ0) is 12.9. The summed E-state index contributed by atoms with van der Waals surface area (Å²) in [5.41, 5.74) is 0. The van der Waals surface area contributed by atoms with E-state index in [2.05, 4.69) is 32.7 Å². The molecule has 0 radical (unpaired) electrons. The van der Waals surface area contributed by atoms with Crippen LogP contribution in [0.5, 0.6) is 0 Å². The molecule has 0 atom stereocenters. The van der Waals surface area contributed by atoms with Crippen LogP contribution < -0.4 is 0 Å². The molecule has 0 rings (SSSR count). The average molecular weight is 278 g/mol. The van der Waals surface area contributed by atoms with Crippen molar-refractivity contribution in [2.24, 2.45) is 0 Å². The topological polar surface area (TPSA) is 3.24 Å². The highest BCUT2D eigenvalue weighted by atomic mass is 35.5.